The number of carbonyl (C=O) groups excluding carboxylic acids is 1. The summed E-state index contributed by atoms with van der Waals surface area (Å²) >= 11 is 0. The number of nitrogens with zero attached hydrogens (tertiary/aromatic N) is 2. The summed E-state index contributed by atoms with van der Waals surface area (Å²) in [6.45, 7) is 0.636. The van der Waals surface area contributed by atoms with E-state index in [9.17, 15) is 22.4 Å². The van der Waals surface area contributed by atoms with Crippen molar-refractivity contribution in [3.63, 3.8) is 0 Å². The van der Waals surface area contributed by atoms with Crippen LogP contribution in [-0.2, 0) is 21.2 Å². The van der Waals surface area contributed by atoms with E-state index in [1.165, 1.54) is 0 Å². The van der Waals surface area contributed by atoms with Crippen molar-refractivity contribution in [1.29, 1.82) is 0 Å². The number of hydrogen-bond acceptors (Lipinski definition) is 5. The fourth-order valence-electron chi connectivity index (χ4n) is 4.18. The molecule has 1 aromatic carbocycles. The predicted molar refractivity (Wildman–Crippen MR) is 101 cm³/mol. The summed E-state index contributed by atoms with van der Waals surface area (Å²) in [5, 5.41) is 6.77. The highest BCUT2D eigenvalue weighted by atomic mass is 19.4. The molecule has 0 spiro atoms. The number of carbonyl (C=O) groups is 1. The number of aromatic nitrogens is 2. The highest BCUT2D eigenvalue weighted by Crippen LogP contribution is 2.37. The van der Waals surface area contributed by atoms with Gasteiger partial charge in [0, 0.05) is 32.0 Å². The Morgan fingerprint density at radius 3 is 2.39 bits per heavy atom. The topological polar surface area (TPSA) is 77.3 Å². The van der Waals surface area contributed by atoms with Crippen molar-refractivity contribution in [2.75, 3.05) is 13.2 Å². The fourth-order valence-corrected chi connectivity index (χ4v) is 4.18. The zero-order chi connectivity index (χ0) is 22.1. The average molecular weight is 441 g/mol. The SMILES string of the molecule is O=C(NC1(c2nc(C3CCCC3)no2)CCOCC1)C(F)c1ccc(C(F)(F)F)cc1. The number of alkyl halides is 4. The maximum atomic E-state index is 14.9. The fraction of sp³-hybridized carbons (Fsp3) is 0.571. The number of ether oxygens (including phenoxy) is 1. The van der Waals surface area contributed by atoms with Gasteiger partial charge in [-0.05, 0) is 30.5 Å². The van der Waals surface area contributed by atoms with E-state index >= 15 is 0 Å². The van der Waals surface area contributed by atoms with Crippen LogP contribution in [-0.4, -0.2) is 29.3 Å². The van der Waals surface area contributed by atoms with Gasteiger partial charge in [-0.15, -0.1) is 0 Å². The molecule has 1 amide bonds. The molecule has 2 aliphatic rings. The summed E-state index contributed by atoms with van der Waals surface area (Å²) in [6, 6.07) is 3.44. The quantitative estimate of drug-likeness (QED) is 0.688. The standard InChI is InChI=1S/C21H23F4N3O3/c22-16(13-5-7-15(8-6-13)21(23,24)25)18(29)27-20(9-11-30-12-10-20)19-26-17(28-31-19)14-3-1-2-4-14/h5-8,14,16H,1-4,9-12H2,(H,27,29). The third-order valence-corrected chi connectivity index (χ3v) is 6.04. The summed E-state index contributed by atoms with van der Waals surface area (Å²) in [6.07, 6.45) is -1.88. The Kier molecular flexibility index (Phi) is 6.00. The van der Waals surface area contributed by atoms with E-state index in [1.54, 1.807) is 0 Å². The van der Waals surface area contributed by atoms with Gasteiger partial charge in [0.15, 0.2) is 5.82 Å². The van der Waals surface area contributed by atoms with E-state index < -0.39 is 29.4 Å². The third kappa shape index (κ3) is 4.58. The molecule has 1 N–H and O–H groups in total. The van der Waals surface area contributed by atoms with Crippen LogP contribution in [0.15, 0.2) is 28.8 Å². The van der Waals surface area contributed by atoms with Crippen molar-refractivity contribution in [2.24, 2.45) is 0 Å². The van der Waals surface area contributed by atoms with Crippen LogP contribution in [0.1, 0.15) is 73.5 Å². The third-order valence-electron chi connectivity index (χ3n) is 6.04. The van der Waals surface area contributed by atoms with Gasteiger partial charge in [-0.25, -0.2) is 4.39 Å². The molecule has 1 aromatic heterocycles. The minimum absolute atomic E-state index is 0.162. The molecule has 1 unspecified atom stereocenters. The van der Waals surface area contributed by atoms with Crippen LogP contribution in [0.4, 0.5) is 17.6 Å². The summed E-state index contributed by atoms with van der Waals surface area (Å²) in [4.78, 5) is 17.2. The lowest BCUT2D eigenvalue weighted by molar-refractivity contribution is -0.137. The van der Waals surface area contributed by atoms with Crippen molar-refractivity contribution in [3.8, 4) is 0 Å². The van der Waals surface area contributed by atoms with E-state index in [2.05, 4.69) is 15.5 Å². The van der Waals surface area contributed by atoms with Gasteiger partial charge in [-0.1, -0.05) is 30.1 Å². The molecule has 2 heterocycles. The normalized spacial score (nSPS) is 20.5. The molecule has 1 aliphatic heterocycles. The second-order valence-electron chi connectivity index (χ2n) is 8.11. The van der Waals surface area contributed by atoms with Gasteiger partial charge in [0.05, 0.1) is 5.56 Å². The minimum Gasteiger partial charge on any atom is -0.381 e. The Morgan fingerprint density at radius 2 is 1.77 bits per heavy atom. The largest absolute Gasteiger partial charge is 0.416 e. The van der Waals surface area contributed by atoms with Gasteiger partial charge in [0.2, 0.25) is 6.17 Å². The van der Waals surface area contributed by atoms with Crippen LogP contribution < -0.4 is 5.32 Å². The van der Waals surface area contributed by atoms with Crippen molar-refractivity contribution < 1.29 is 31.6 Å². The van der Waals surface area contributed by atoms with Crippen molar-refractivity contribution in [2.45, 2.75) is 62.3 Å². The molecule has 168 valence electrons. The lowest BCUT2D eigenvalue weighted by Gasteiger charge is -2.35. The molecule has 4 rings (SSSR count). The number of nitrogens with one attached hydrogen (secondary N) is 1. The lowest BCUT2D eigenvalue weighted by Crippen LogP contribution is -2.50. The van der Waals surface area contributed by atoms with Crippen LogP contribution in [0.3, 0.4) is 0 Å². The molecule has 1 saturated heterocycles. The maximum Gasteiger partial charge on any atom is 0.416 e. The van der Waals surface area contributed by atoms with Gasteiger partial charge in [-0.3, -0.25) is 4.79 Å². The van der Waals surface area contributed by atoms with Gasteiger partial charge >= 0.3 is 6.18 Å². The van der Waals surface area contributed by atoms with Crippen LogP contribution in [0.2, 0.25) is 0 Å². The number of hydrogen-bond donors (Lipinski definition) is 1. The summed E-state index contributed by atoms with van der Waals surface area (Å²) < 4.78 is 63.9. The van der Waals surface area contributed by atoms with Crippen molar-refractivity contribution >= 4 is 5.91 Å². The van der Waals surface area contributed by atoms with Gasteiger partial charge in [0.25, 0.3) is 11.8 Å². The summed E-state index contributed by atoms with van der Waals surface area (Å²) in [5.41, 5.74) is -2.14. The lowest BCUT2D eigenvalue weighted by atomic mass is 9.89. The van der Waals surface area contributed by atoms with Gasteiger partial charge in [0.1, 0.15) is 5.54 Å². The molecular weight excluding hydrogens is 418 g/mol. The molecule has 0 bridgehead atoms. The zero-order valence-electron chi connectivity index (χ0n) is 16.8. The zero-order valence-corrected chi connectivity index (χ0v) is 16.8. The van der Waals surface area contributed by atoms with Crippen molar-refractivity contribution in [3.05, 3.63) is 47.1 Å². The molecule has 2 aromatic rings. The second-order valence-corrected chi connectivity index (χ2v) is 8.11. The molecule has 1 atom stereocenters. The average Bonchev–Trinajstić information content (AvgIpc) is 3.45. The Balaban J connectivity index is 1.53. The molecule has 10 heteroatoms. The highest BCUT2D eigenvalue weighted by Gasteiger charge is 2.43. The number of rotatable bonds is 5. The van der Waals surface area contributed by atoms with E-state index in [1.807, 2.05) is 0 Å². The first-order chi connectivity index (χ1) is 14.8. The Labute approximate surface area is 176 Å². The highest BCUT2D eigenvalue weighted by molar-refractivity contribution is 5.82. The van der Waals surface area contributed by atoms with Crippen LogP contribution in [0.5, 0.6) is 0 Å². The minimum atomic E-state index is -4.53. The number of halogens is 4. The summed E-state index contributed by atoms with van der Waals surface area (Å²) in [7, 11) is 0. The molecule has 6 nitrogen and oxygen atoms in total. The van der Waals surface area contributed by atoms with Crippen LogP contribution in [0.25, 0.3) is 0 Å². The van der Waals surface area contributed by atoms with E-state index in [4.69, 9.17) is 9.26 Å². The van der Waals surface area contributed by atoms with Crippen LogP contribution >= 0.6 is 0 Å². The van der Waals surface area contributed by atoms with E-state index in [0.717, 1.165) is 49.9 Å². The molecule has 1 saturated carbocycles. The number of benzene rings is 1. The van der Waals surface area contributed by atoms with Crippen LogP contribution in [0, 0.1) is 0 Å². The smallest absolute Gasteiger partial charge is 0.381 e. The molecule has 1 aliphatic carbocycles. The Hall–Kier alpha value is -2.49. The number of amides is 1. The van der Waals surface area contributed by atoms with E-state index in [-0.39, 0.29) is 17.4 Å². The van der Waals surface area contributed by atoms with Gasteiger partial charge < -0.3 is 14.6 Å². The van der Waals surface area contributed by atoms with E-state index in [0.29, 0.717) is 31.9 Å². The Bertz CT molecular complexity index is 901. The van der Waals surface area contributed by atoms with Gasteiger partial charge in [-0.2, -0.15) is 18.2 Å². The maximum absolute atomic E-state index is 14.9. The first-order valence-corrected chi connectivity index (χ1v) is 10.3. The molecule has 2 fully saturated rings. The molecule has 0 radical (unpaired) electrons. The van der Waals surface area contributed by atoms with Crippen molar-refractivity contribution in [1.82, 2.24) is 15.5 Å². The first kappa shape index (κ1) is 21.7. The second kappa shape index (κ2) is 8.57. The molecule has 31 heavy (non-hydrogen) atoms. The monoisotopic (exact) mass is 441 g/mol. The first-order valence-electron chi connectivity index (χ1n) is 10.3. The summed E-state index contributed by atoms with van der Waals surface area (Å²) in [5.74, 6) is 0.0475. The molecular formula is C21H23F4N3O3. The Morgan fingerprint density at radius 1 is 1.13 bits per heavy atom. The predicted octanol–water partition coefficient (Wildman–Crippen LogP) is 4.58.